The van der Waals surface area contributed by atoms with Crippen molar-refractivity contribution in [2.24, 2.45) is 0 Å². The number of hydrogen-bond donors (Lipinski definition) is 1. The summed E-state index contributed by atoms with van der Waals surface area (Å²) in [6.45, 7) is 0. The topological polar surface area (TPSA) is 54.4 Å². The van der Waals surface area contributed by atoms with Gasteiger partial charge in [0.05, 0.1) is 0 Å². The molecule has 0 bridgehead atoms. The van der Waals surface area contributed by atoms with E-state index in [4.69, 9.17) is 13.0 Å². The summed E-state index contributed by atoms with van der Waals surface area (Å²) < 4.78 is 57.5. The summed E-state index contributed by atoms with van der Waals surface area (Å²) in [6.07, 6.45) is 0. The molecule has 0 saturated carbocycles. The van der Waals surface area contributed by atoms with Crippen LogP contribution in [0.1, 0.15) is 0 Å². The molecule has 1 N–H and O–H groups in total. The standard InChI is InChI=1S/CHF3O3S.Na.H/c2-1(3,4)8(5,6)7;;/h(H,5,6,7);;. The van der Waals surface area contributed by atoms with Crippen LogP contribution in [0.3, 0.4) is 0 Å². The van der Waals surface area contributed by atoms with Gasteiger partial charge < -0.3 is 0 Å². The average molecular weight is 174 g/mol. The van der Waals surface area contributed by atoms with Gasteiger partial charge in [-0.05, 0) is 0 Å². The molecule has 0 rings (SSSR count). The van der Waals surface area contributed by atoms with Crippen molar-refractivity contribution in [1.29, 1.82) is 0 Å². The zero-order chi connectivity index (χ0) is 7.00. The van der Waals surface area contributed by atoms with Gasteiger partial charge in [-0.2, -0.15) is 21.6 Å². The number of rotatable bonds is 0. The Morgan fingerprint density at radius 3 is 1.33 bits per heavy atom. The quantitative estimate of drug-likeness (QED) is 0.313. The first-order chi connectivity index (χ1) is 3.25. The molecule has 0 aromatic rings. The fourth-order valence-electron chi connectivity index (χ4n) is 0. The molecule has 0 atom stereocenters. The van der Waals surface area contributed by atoms with Gasteiger partial charge in [0.25, 0.3) is 0 Å². The summed E-state index contributed by atoms with van der Waals surface area (Å²) in [4.78, 5) is 0. The van der Waals surface area contributed by atoms with Gasteiger partial charge in [-0.3, -0.25) is 4.55 Å². The predicted octanol–water partition coefficient (Wildman–Crippen LogP) is -0.254. The third kappa shape index (κ3) is 4.15. The van der Waals surface area contributed by atoms with Crippen molar-refractivity contribution in [2.75, 3.05) is 0 Å². The Balaban J connectivity index is 0. The van der Waals surface area contributed by atoms with E-state index in [1.807, 2.05) is 0 Å². The second-order valence-electron chi connectivity index (χ2n) is 0.921. The van der Waals surface area contributed by atoms with Gasteiger partial charge in [0.1, 0.15) is 0 Å². The number of halogens is 3. The minimum atomic E-state index is -5.84. The van der Waals surface area contributed by atoms with Gasteiger partial charge in [0, 0.05) is 0 Å². The fraction of sp³-hybridized carbons (Fsp3) is 1.00. The van der Waals surface area contributed by atoms with Crippen molar-refractivity contribution in [3.8, 4) is 0 Å². The maximum atomic E-state index is 10.7. The molecule has 0 saturated heterocycles. The average Bonchev–Trinajstić information content (AvgIpc) is 1.25. The van der Waals surface area contributed by atoms with Crippen molar-refractivity contribution in [2.45, 2.75) is 5.51 Å². The van der Waals surface area contributed by atoms with Crippen LogP contribution in [-0.2, 0) is 10.1 Å². The first kappa shape index (κ1) is 12.4. The SMILES string of the molecule is O=S(=O)(O)C(F)(F)F.[NaH]. The summed E-state index contributed by atoms with van der Waals surface area (Å²) in [5.41, 5.74) is -5.53. The molecular weight excluding hydrogens is 172 g/mol. The van der Waals surface area contributed by atoms with Gasteiger partial charge >= 0.3 is 45.2 Å². The molecule has 52 valence electrons. The Morgan fingerprint density at radius 2 is 1.33 bits per heavy atom. The van der Waals surface area contributed by atoms with E-state index < -0.39 is 15.6 Å². The van der Waals surface area contributed by atoms with E-state index in [-0.39, 0.29) is 29.6 Å². The van der Waals surface area contributed by atoms with Gasteiger partial charge in [-0.15, -0.1) is 0 Å². The summed E-state index contributed by atoms with van der Waals surface area (Å²) in [6, 6.07) is 0. The van der Waals surface area contributed by atoms with Crippen molar-refractivity contribution < 1.29 is 26.1 Å². The van der Waals surface area contributed by atoms with Gasteiger partial charge in [-0.25, -0.2) is 0 Å². The van der Waals surface area contributed by atoms with Gasteiger partial charge in [0.15, 0.2) is 0 Å². The van der Waals surface area contributed by atoms with E-state index in [0.29, 0.717) is 0 Å². The molecule has 0 heterocycles. The van der Waals surface area contributed by atoms with E-state index in [1.165, 1.54) is 0 Å². The van der Waals surface area contributed by atoms with E-state index in [1.54, 1.807) is 0 Å². The van der Waals surface area contributed by atoms with Gasteiger partial charge in [0.2, 0.25) is 0 Å². The zero-order valence-corrected chi connectivity index (χ0v) is 4.12. The second-order valence-corrected chi connectivity index (χ2v) is 2.33. The molecule has 8 heteroatoms. The Kier molecular flexibility index (Phi) is 4.40. The first-order valence-electron chi connectivity index (χ1n) is 1.29. The molecule has 0 aliphatic heterocycles. The molecule has 3 nitrogen and oxygen atoms in total. The van der Waals surface area contributed by atoms with Crippen LogP contribution in [0.15, 0.2) is 0 Å². The van der Waals surface area contributed by atoms with Crippen LogP contribution in [0, 0.1) is 0 Å². The van der Waals surface area contributed by atoms with Crippen molar-refractivity contribution in [1.82, 2.24) is 0 Å². The van der Waals surface area contributed by atoms with Crippen molar-refractivity contribution >= 4 is 39.7 Å². The molecule has 0 fully saturated rings. The zero-order valence-electron chi connectivity index (χ0n) is 3.31. The molecule has 0 aliphatic carbocycles. The van der Waals surface area contributed by atoms with Crippen LogP contribution in [-0.4, -0.2) is 48.0 Å². The summed E-state index contributed by atoms with van der Waals surface area (Å²) in [7, 11) is -5.84. The summed E-state index contributed by atoms with van der Waals surface area (Å²) in [5, 5.41) is 0. The minimum absolute atomic E-state index is 0. The van der Waals surface area contributed by atoms with Crippen molar-refractivity contribution in [3.05, 3.63) is 0 Å². The van der Waals surface area contributed by atoms with Crippen LogP contribution < -0.4 is 0 Å². The molecule has 0 amide bonds. The molecule has 0 radical (unpaired) electrons. The summed E-state index contributed by atoms with van der Waals surface area (Å²) >= 11 is 0. The van der Waals surface area contributed by atoms with Crippen LogP contribution in [0.2, 0.25) is 0 Å². The molecule has 0 spiro atoms. The molecule has 0 aromatic carbocycles. The van der Waals surface area contributed by atoms with E-state index in [2.05, 4.69) is 0 Å². The van der Waals surface area contributed by atoms with Gasteiger partial charge in [-0.1, -0.05) is 0 Å². The Bertz CT molecular complexity index is 168. The molecule has 0 aliphatic rings. The fourth-order valence-corrected chi connectivity index (χ4v) is 0. The predicted molar refractivity (Wildman–Crippen MR) is 24.8 cm³/mol. The first-order valence-corrected chi connectivity index (χ1v) is 2.73. The molecule has 0 unspecified atom stereocenters. The second kappa shape index (κ2) is 3.20. The number of alkyl halides is 3. The van der Waals surface area contributed by atoms with E-state index in [0.717, 1.165) is 0 Å². The van der Waals surface area contributed by atoms with Crippen LogP contribution in [0.5, 0.6) is 0 Å². The van der Waals surface area contributed by atoms with Crippen LogP contribution >= 0.6 is 0 Å². The Morgan fingerprint density at radius 1 is 1.22 bits per heavy atom. The third-order valence-electron chi connectivity index (χ3n) is 0.292. The third-order valence-corrected chi connectivity index (χ3v) is 0.877. The molecule has 0 aromatic heterocycles. The van der Waals surface area contributed by atoms with E-state index >= 15 is 0 Å². The molecular formula is CH2F3NaO3S. The number of hydrogen-bond acceptors (Lipinski definition) is 2. The molecule has 9 heavy (non-hydrogen) atoms. The maximum absolute atomic E-state index is 10.7. The van der Waals surface area contributed by atoms with Crippen LogP contribution in [0.25, 0.3) is 0 Å². The van der Waals surface area contributed by atoms with Crippen molar-refractivity contribution in [3.63, 3.8) is 0 Å². The summed E-state index contributed by atoms with van der Waals surface area (Å²) in [5.74, 6) is 0. The van der Waals surface area contributed by atoms with Crippen LogP contribution in [0.4, 0.5) is 13.2 Å². The Hall–Kier alpha value is 0.700. The normalized spacial score (nSPS) is 12.4. The Labute approximate surface area is 71.3 Å². The van der Waals surface area contributed by atoms with E-state index in [9.17, 15) is 13.2 Å². The monoisotopic (exact) mass is 174 g/mol.